The zero-order valence-electron chi connectivity index (χ0n) is 10.7. The van der Waals surface area contributed by atoms with Crippen molar-refractivity contribution < 1.29 is 19.1 Å². The van der Waals surface area contributed by atoms with Crippen LogP contribution in [-0.4, -0.2) is 62.7 Å². The first-order chi connectivity index (χ1) is 8.11. The molecule has 6 heteroatoms. The van der Waals surface area contributed by atoms with Crippen molar-refractivity contribution in [1.82, 2.24) is 4.90 Å². The number of amides is 1. The Hall–Kier alpha value is -0.750. The van der Waals surface area contributed by atoms with Crippen molar-refractivity contribution >= 4 is 23.6 Å². The van der Waals surface area contributed by atoms with Gasteiger partial charge in [0.05, 0.1) is 19.5 Å². The second-order valence-corrected chi connectivity index (χ2v) is 4.65. The van der Waals surface area contributed by atoms with Gasteiger partial charge in [0.25, 0.3) is 0 Å². The molecule has 0 aliphatic carbocycles. The smallest absolute Gasteiger partial charge is 0.305 e. The van der Waals surface area contributed by atoms with Crippen molar-refractivity contribution in [3.05, 3.63) is 0 Å². The van der Waals surface area contributed by atoms with E-state index in [1.54, 1.807) is 30.8 Å². The monoisotopic (exact) mass is 263 g/mol. The molecule has 1 amide bonds. The maximum atomic E-state index is 11.6. The minimum Gasteiger partial charge on any atom is -0.469 e. The molecule has 0 unspecified atom stereocenters. The third-order valence-electron chi connectivity index (χ3n) is 2.19. The summed E-state index contributed by atoms with van der Waals surface area (Å²) in [7, 11) is 4.75. The first kappa shape index (κ1) is 16.2. The fourth-order valence-electron chi connectivity index (χ4n) is 1.10. The summed E-state index contributed by atoms with van der Waals surface area (Å²) in [5.74, 6) is 1.12. The zero-order chi connectivity index (χ0) is 13.1. The van der Waals surface area contributed by atoms with Crippen LogP contribution in [0.2, 0.25) is 0 Å². The summed E-state index contributed by atoms with van der Waals surface area (Å²) in [6, 6.07) is 0. The summed E-state index contributed by atoms with van der Waals surface area (Å²) >= 11 is 1.55. The molecule has 0 aliphatic rings. The number of carbonyl (C=O) groups is 2. The van der Waals surface area contributed by atoms with Crippen LogP contribution in [0.3, 0.4) is 0 Å². The van der Waals surface area contributed by atoms with Crippen molar-refractivity contribution in [2.24, 2.45) is 0 Å². The Morgan fingerprint density at radius 1 is 1.29 bits per heavy atom. The molecule has 17 heavy (non-hydrogen) atoms. The highest BCUT2D eigenvalue weighted by molar-refractivity contribution is 7.99. The van der Waals surface area contributed by atoms with Crippen LogP contribution in [0.5, 0.6) is 0 Å². The third kappa shape index (κ3) is 9.00. The zero-order valence-corrected chi connectivity index (χ0v) is 11.5. The molecule has 0 radical (unpaired) electrons. The van der Waals surface area contributed by atoms with Crippen LogP contribution in [0.15, 0.2) is 0 Å². The molecular formula is C11H21NO4S. The molecular weight excluding hydrogens is 242 g/mol. The van der Waals surface area contributed by atoms with Gasteiger partial charge < -0.3 is 14.4 Å². The lowest BCUT2D eigenvalue weighted by Gasteiger charge is -2.16. The van der Waals surface area contributed by atoms with Gasteiger partial charge in [0, 0.05) is 32.9 Å². The van der Waals surface area contributed by atoms with Gasteiger partial charge in [0.1, 0.15) is 0 Å². The Morgan fingerprint density at radius 3 is 2.59 bits per heavy atom. The van der Waals surface area contributed by atoms with Gasteiger partial charge >= 0.3 is 5.97 Å². The molecule has 0 spiro atoms. The number of ether oxygens (including phenoxy) is 2. The summed E-state index contributed by atoms with van der Waals surface area (Å²) in [6.45, 7) is 1.24. The number of thioether (sulfide) groups is 1. The van der Waals surface area contributed by atoms with Gasteiger partial charge in [0.2, 0.25) is 5.91 Å². The Labute approximate surface area is 107 Å². The van der Waals surface area contributed by atoms with E-state index < -0.39 is 0 Å². The summed E-state index contributed by atoms with van der Waals surface area (Å²) in [5, 5.41) is 0. The fourth-order valence-corrected chi connectivity index (χ4v) is 1.92. The average Bonchev–Trinajstić information content (AvgIpc) is 2.33. The molecule has 0 saturated carbocycles. The lowest BCUT2D eigenvalue weighted by atomic mass is 10.3. The lowest BCUT2D eigenvalue weighted by molar-refractivity contribution is -0.141. The first-order valence-corrected chi connectivity index (χ1v) is 6.64. The Bertz CT molecular complexity index is 236. The lowest BCUT2D eigenvalue weighted by Crippen LogP contribution is -2.29. The standard InChI is InChI=1S/C11H21NO4S/c1-12(6-4-5-11(14)16-3)10(13)9-17-8-7-15-2/h4-9H2,1-3H3. The number of methoxy groups -OCH3 is 2. The quantitative estimate of drug-likeness (QED) is 0.454. The molecule has 0 aromatic carbocycles. The molecule has 100 valence electrons. The van der Waals surface area contributed by atoms with E-state index in [0.29, 0.717) is 31.7 Å². The van der Waals surface area contributed by atoms with Crippen molar-refractivity contribution in [2.45, 2.75) is 12.8 Å². The van der Waals surface area contributed by atoms with Gasteiger partial charge in [-0.25, -0.2) is 0 Å². The van der Waals surface area contributed by atoms with E-state index >= 15 is 0 Å². The fraction of sp³-hybridized carbons (Fsp3) is 0.818. The van der Waals surface area contributed by atoms with Gasteiger partial charge in [-0.3, -0.25) is 9.59 Å². The number of rotatable bonds is 9. The number of hydrogen-bond acceptors (Lipinski definition) is 5. The molecule has 0 aromatic heterocycles. The van der Waals surface area contributed by atoms with Crippen molar-refractivity contribution in [1.29, 1.82) is 0 Å². The molecule has 0 saturated heterocycles. The number of esters is 1. The van der Waals surface area contributed by atoms with Crippen LogP contribution >= 0.6 is 11.8 Å². The second-order valence-electron chi connectivity index (χ2n) is 3.54. The minimum absolute atomic E-state index is 0.0796. The van der Waals surface area contributed by atoms with Crippen LogP contribution in [-0.2, 0) is 19.1 Å². The largest absolute Gasteiger partial charge is 0.469 e. The molecule has 0 rings (SSSR count). The predicted octanol–water partition coefficient (Wildman–Crippen LogP) is 0.778. The number of hydrogen-bond donors (Lipinski definition) is 0. The van der Waals surface area contributed by atoms with E-state index in [4.69, 9.17) is 4.74 Å². The summed E-state index contributed by atoms with van der Waals surface area (Å²) < 4.78 is 9.41. The van der Waals surface area contributed by atoms with Crippen molar-refractivity contribution in [3.8, 4) is 0 Å². The summed E-state index contributed by atoms with van der Waals surface area (Å²) in [4.78, 5) is 24.1. The molecule has 0 atom stereocenters. The van der Waals surface area contributed by atoms with Crippen LogP contribution in [0.25, 0.3) is 0 Å². The van der Waals surface area contributed by atoms with Crippen LogP contribution in [0, 0.1) is 0 Å². The Kier molecular flexibility index (Phi) is 9.95. The summed E-state index contributed by atoms with van der Waals surface area (Å²) in [6.07, 6.45) is 0.989. The molecule has 0 fully saturated rings. The van der Waals surface area contributed by atoms with E-state index in [1.807, 2.05) is 0 Å². The highest BCUT2D eigenvalue weighted by Crippen LogP contribution is 2.03. The number of nitrogens with zero attached hydrogens (tertiary/aromatic N) is 1. The SMILES string of the molecule is COCCSCC(=O)N(C)CCCC(=O)OC. The van der Waals surface area contributed by atoms with Gasteiger partial charge in [-0.05, 0) is 6.42 Å². The maximum Gasteiger partial charge on any atom is 0.305 e. The second kappa shape index (κ2) is 10.4. The highest BCUT2D eigenvalue weighted by atomic mass is 32.2. The Morgan fingerprint density at radius 2 is 2.00 bits per heavy atom. The third-order valence-corrected chi connectivity index (χ3v) is 3.09. The van der Waals surface area contributed by atoms with E-state index in [-0.39, 0.29) is 11.9 Å². The van der Waals surface area contributed by atoms with Crippen LogP contribution in [0.4, 0.5) is 0 Å². The topological polar surface area (TPSA) is 55.8 Å². The van der Waals surface area contributed by atoms with Gasteiger partial charge in [-0.2, -0.15) is 0 Å². The van der Waals surface area contributed by atoms with E-state index in [0.717, 1.165) is 5.75 Å². The average molecular weight is 263 g/mol. The van der Waals surface area contributed by atoms with Crippen molar-refractivity contribution in [2.75, 3.05) is 45.9 Å². The normalized spacial score (nSPS) is 10.1. The maximum absolute atomic E-state index is 11.6. The molecule has 0 heterocycles. The van der Waals surface area contributed by atoms with Crippen molar-refractivity contribution in [3.63, 3.8) is 0 Å². The first-order valence-electron chi connectivity index (χ1n) is 5.49. The molecule has 0 aliphatic heterocycles. The predicted molar refractivity (Wildman–Crippen MR) is 68.1 cm³/mol. The van der Waals surface area contributed by atoms with E-state index in [1.165, 1.54) is 7.11 Å². The van der Waals surface area contributed by atoms with Crippen LogP contribution < -0.4 is 0 Å². The minimum atomic E-state index is -0.236. The van der Waals surface area contributed by atoms with Gasteiger partial charge in [-0.15, -0.1) is 11.8 Å². The number of carbonyl (C=O) groups excluding carboxylic acids is 2. The molecule has 5 nitrogen and oxygen atoms in total. The molecule has 0 bridgehead atoms. The Balaban J connectivity index is 3.56. The molecule has 0 aromatic rings. The van der Waals surface area contributed by atoms with Crippen LogP contribution in [0.1, 0.15) is 12.8 Å². The van der Waals surface area contributed by atoms with E-state index in [2.05, 4.69) is 4.74 Å². The molecule has 0 N–H and O–H groups in total. The van der Waals surface area contributed by atoms with Gasteiger partial charge in [0.15, 0.2) is 0 Å². The highest BCUT2D eigenvalue weighted by Gasteiger charge is 2.09. The summed E-state index contributed by atoms with van der Waals surface area (Å²) in [5.41, 5.74) is 0. The van der Waals surface area contributed by atoms with E-state index in [9.17, 15) is 9.59 Å². The van der Waals surface area contributed by atoms with Gasteiger partial charge in [-0.1, -0.05) is 0 Å².